The molecule has 2 rings (SSSR count). The Morgan fingerprint density at radius 1 is 1.32 bits per heavy atom. The van der Waals surface area contributed by atoms with Gasteiger partial charge < -0.3 is 11.1 Å². The highest BCUT2D eigenvalue weighted by atomic mass is 16.2. The summed E-state index contributed by atoms with van der Waals surface area (Å²) in [6, 6.07) is -0.492. The van der Waals surface area contributed by atoms with E-state index in [0.29, 0.717) is 11.3 Å². The topological polar surface area (TPSA) is 90.8 Å². The lowest BCUT2D eigenvalue weighted by molar-refractivity contribution is -0.117. The fourth-order valence-electron chi connectivity index (χ4n) is 1.66. The third kappa shape index (κ3) is 3.00. The van der Waals surface area contributed by atoms with Crippen LogP contribution < -0.4 is 11.1 Å². The fourth-order valence-corrected chi connectivity index (χ4v) is 1.66. The maximum atomic E-state index is 12.0. The summed E-state index contributed by atoms with van der Waals surface area (Å²) in [5.41, 5.74) is 7.19. The number of aryl methyl sites for hydroxylation is 1. The smallest absolute Gasteiger partial charge is 0.246 e. The minimum absolute atomic E-state index is 0.248. The van der Waals surface area contributed by atoms with Gasteiger partial charge in [0.05, 0.1) is 18.1 Å². The second-order valence-corrected chi connectivity index (χ2v) is 4.72. The molecular formula is C12H18N6O. The first-order valence-electron chi connectivity index (χ1n) is 6.06. The number of nitrogens with two attached hydrogens (primary N) is 1. The molecule has 0 aliphatic rings. The Morgan fingerprint density at radius 2 is 2.05 bits per heavy atom. The van der Waals surface area contributed by atoms with Crippen molar-refractivity contribution >= 4 is 11.6 Å². The normalized spacial score (nSPS) is 12.7. The maximum Gasteiger partial charge on any atom is 0.246 e. The number of carbonyl (C=O) groups is 1. The van der Waals surface area contributed by atoms with Crippen LogP contribution in [0.15, 0.2) is 24.8 Å². The van der Waals surface area contributed by atoms with Crippen molar-refractivity contribution in [2.75, 3.05) is 5.32 Å². The minimum Gasteiger partial charge on any atom is -0.322 e. The summed E-state index contributed by atoms with van der Waals surface area (Å²) < 4.78 is 3.38. The average molecular weight is 262 g/mol. The molecule has 2 aromatic rings. The number of amides is 1. The van der Waals surface area contributed by atoms with Gasteiger partial charge in [0.2, 0.25) is 5.91 Å². The van der Waals surface area contributed by atoms with Crippen LogP contribution in [0.3, 0.4) is 0 Å². The summed E-state index contributed by atoms with van der Waals surface area (Å²) in [4.78, 5) is 12.0. The maximum absolute atomic E-state index is 12.0. The van der Waals surface area contributed by atoms with Crippen molar-refractivity contribution in [1.82, 2.24) is 19.6 Å². The molecule has 7 nitrogen and oxygen atoms in total. The van der Waals surface area contributed by atoms with E-state index in [9.17, 15) is 4.79 Å². The van der Waals surface area contributed by atoms with E-state index in [-0.39, 0.29) is 11.9 Å². The van der Waals surface area contributed by atoms with Crippen molar-refractivity contribution in [3.8, 4) is 0 Å². The van der Waals surface area contributed by atoms with E-state index < -0.39 is 6.04 Å². The molecule has 102 valence electrons. The number of hydrogen-bond acceptors (Lipinski definition) is 4. The molecule has 2 aromatic heterocycles. The van der Waals surface area contributed by atoms with E-state index >= 15 is 0 Å². The lowest BCUT2D eigenvalue weighted by Crippen LogP contribution is -2.27. The molecule has 1 amide bonds. The van der Waals surface area contributed by atoms with Gasteiger partial charge >= 0.3 is 0 Å². The van der Waals surface area contributed by atoms with Crippen LogP contribution in [0.5, 0.6) is 0 Å². The molecule has 1 unspecified atom stereocenters. The predicted octanol–water partition coefficient (Wildman–Crippen LogP) is 0.836. The molecule has 0 aliphatic heterocycles. The molecule has 0 saturated heterocycles. The molecule has 3 N–H and O–H groups in total. The van der Waals surface area contributed by atoms with Gasteiger partial charge in [0, 0.05) is 31.0 Å². The van der Waals surface area contributed by atoms with Crippen molar-refractivity contribution < 1.29 is 4.79 Å². The molecule has 0 aromatic carbocycles. The molecular weight excluding hydrogens is 244 g/mol. The second kappa shape index (κ2) is 5.23. The Kier molecular flexibility index (Phi) is 3.66. The summed E-state index contributed by atoms with van der Waals surface area (Å²) in [5.74, 6) is -0.281. The van der Waals surface area contributed by atoms with E-state index in [1.165, 1.54) is 0 Å². The van der Waals surface area contributed by atoms with E-state index in [1.807, 2.05) is 13.8 Å². The summed E-state index contributed by atoms with van der Waals surface area (Å²) in [5, 5.41) is 10.9. The van der Waals surface area contributed by atoms with Crippen LogP contribution in [0.1, 0.15) is 31.5 Å². The first kappa shape index (κ1) is 13.3. The molecule has 1 atom stereocenters. The van der Waals surface area contributed by atoms with Crippen molar-refractivity contribution in [2.24, 2.45) is 12.8 Å². The highest BCUT2D eigenvalue weighted by Crippen LogP contribution is 2.14. The monoisotopic (exact) mass is 262 g/mol. The largest absolute Gasteiger partial charge is 0.322 e. The van der Waals surface area contributed by atoms with Crippen LogP contribution in [0.25, 0.3) is 0 Å². The lowest BCUT2D eigenvalue weighted by atomic mass is 10.1. The van der Waals surface area contributed by atoms with Gasteiger partial charge in [-0.2, -0.15) is 10.2 Å². The first-order valence-corrected chi connectivity index (χ1v) is 6.06. The van der Waals surface area contributed by atoms with Crippen LogP contribution in [0, 0.1) is 0 Å². The summed E-state index contributed by atoms with van der Waals surface area (Å²) in [7, 11) is 1.78. The highest BCUT2D eigenvalue weighted by molar-refractivity contribution is 5.95. The van der Waals surface area contributed by atoms with Crippen LogP contribution in [-0.2, 0) is 11.8 Å². The second-order valence-electron chi connectivity index (χ2n) is 4.72. The zero-order chi connectivity index (χ0) is 14.0. The number of anilines is 1. The van der Waals surface area contributed by atoms with Crippen LogP contribution in [0.2, 0.25) is 0 Å². The molecule has 0 spiro atoms. The van der Waals surface area contributed by atoms with E-state index in [4.69, 9.17) is 5.73 Å². The van der Waals surface area contributed by atoms with Crippen molar-refractivity contribution in [2.45, 2.75) is 25.9 Å². The molecule has 0 fully saturated rings. The molecule has 2 heterocycles. The van der Waals surface area contributed by atoms with Crippen LogP contribution >= 0.6 is 0 Å². The van der Waals surface area contributed by atoms with Crippen LogP contribution in [-0.4, -0.2) is 25.5 Å². The Labute approximate surface area is 111 Å². The van der Waals surface area contributed by atoms with E-state index in [1.54, 1.807) is 41.2 Å². The molecule has 0 radical (unpaired) electrons. The average Bonchev–Trinajstić information content (AvgIpc) is 2.97. The number of carbonyl (C=O) groups excluding carboxylic acids is 1. The van der Waals surface area contributed by atoms with Gasteiger partial charge in [0.25, 0.3) is 0 Å². The quantitative estimate of drug-likeness (QED) is 0.854. The fraction of sp³-hybridized carbons (Fsp3) is 0.417. The Bertz CT molecular complexity index is 570. The van der Waals surface area contributed by atoms with E-state index in [2.05, 4.69) is 15.5 Å². The van der Waals surface area contributed by atoms with E-state index in [0.717, 1.165) is 0 Å². The number of rotatable bonds is 4. The summed E-state index contributed by atoms with van der Waals surface area (Å²) in [6.45, 7) is 4.03. The van der Waals surface area contributed by atoms with Gasteiger partial charge in [-0.1, -0.05) is 0 Å². The highest BCUT2D eigenvalue weighted by Gasteiger charge is 2.18. The zero-order valence-corrected chi connectivity index (χ0v) is 11.2. The Hall–Kier alpha value is -2.15. The SMILES string of the molecule is CC(C)n1cc(NC(=O)C(N)c2cnn(C)c2)cn1. The number of nitrogens with one attached hydrogen (secondary N) is 1. The number of nitrogens with zero attached hydrogens (tertiary/aromatic N) is 4. The number of aromatic nitrogens is 4. The van der Waals surface area contributed by atoms with Crippen LogP contribution in [0.4, 0.5) is 5.69 Å². The third-order valence-corrected chi connectivity index (χ3v) is 2.76. The van der Waals surface area contributed by atoms with Gasteiger partial charge in [0.1, 0.15) is 6.04 Å². The summed E-state index contributed by atoms with van der Waals surface area (Å²) >= 11 is 0. The zero-order valence-electron chi connectivity index (χ0n) is 11.2. The molecule has 19 heavy (non-hydrogen) atoms. The predicted molar refractivity (Wildman–Crippen MR) is 71.4 cm³/mol. The third-order valence-electron chi connectivity index (χ3n) is 2.76. The number of hydrogen-bond donors (Lipinski definition) is 2. The van der Waals surface area contributed by atoms with Gasteiger partial charge in [-0.15, -0.1) is 0 Å². The molecule has 7 heteroatoms. The molecule has 0 saturated carbocycles. The van der Waals surface area contributed by atoms with Gasteiger partial charge in [-0.25, -0.2) is 0 Å². The Morgan fingerprint density at radius 3 is 2.58 bits per heavy atom. The minimum atomic E-state index is -0.740. The van der Waals surface area contributed by atoms with Crippen molar-refractivity contribution in [3.63, 3.8) is 0 Å². The standard InChI is InChI=1S/C12H18N6O/c1-8(2)18-7-10(5-15-18)16-12(19)11(13)9-4-14-17(3)6-9/h4-8,11H,13H2,1-3H3,(H,16,19). The molecule has 0 bridgehead atoms. The van der Waals surface area contributed by atoms with Gasteiger partial charge in [-0.3, -0.25) is 14.2 Å². The van der Waals surface area contributed by atoms with Crippen molar-refractivity contribution in [3.05, 3.63) is 30.4 Å². The molecule has 0 aliphatic carbocycles. The van der Waals surface area contributed by atoms with Crippen molar-refractivity contribution in [1.29, 1.82) is 0 Å². The Balaban J connectivity index is 2.04. The van der Waals surface area contributed by atoms with Gasteiger partial charge in [0.15, 0.2) is 0 Å². The lowest BCUT2D eigenvalue weighted by Gasteiger charge is -2.09. The summed E-state index contributed by atoms with van der Waals surface area (Å²) in [6.07, 6.45) is 6.69. The first-order chi connectivity index (χ1) is 8.97. The van der Waals surface area contributed by atoms with Gasteiger partial charge in [-0.05, 0) is 13.8 Å².